The number of aromatic nitrogens is 4. The molecule has 2 aliphatic rings. The molecule has 1 aliphatic carbocycles. The van der Waals surface area contributed by atoms with Gasteiger partial charge in [-0.15, -0.1) is 0 Å². The van der Waals surface area contributed by atoms with Crippen LogP contribution in [-0.4, -0.2) is 75.9 Å². The Morgan fingerprint density at radius 1 is 1.35 bits per heavy atom. The summed E-state index contributed by atoms with van der Waals surface area (Å²) in [5, 5.41) is 26.7. The molecule has 1 amide bonds. The number of carbonyl (C=O) groups is 1. The minimum absolute atomic E-state index is 0.0875. The minimum atomic E-state index is -1.12. The van der Waals surface area contributed by atoms with Crippen LogP contribution in [-0.2, 0) is 4.79 Å². The topological polar surface area (TPSA) is 125 Å². The summed E-state index contributed by atoms with van der Waals surface area (Å²) in [5.41, 5.74) is 1.06. The van der Waals surface area contributed by atoms with Gasteiger partial charge in [0.2, 0.25) is 0 Å². The van der Waals surface area contributed by atoms with Crippen LogP contribution < -0.4 is 10.6 Å². The van der Waals surface area contributed by atoms with E-state index in [-0.39, 0.29) is 26.1 Å². The van der Waals surface area contributed by atoms with Crippen molar-refractivity contribution in [3.05, 3.63) is 11.6 Å². The number of rotatable bonds is 4. The Balaban J connectivity index is 1.70. The van der Waals surface area contributed by atoms with Crippen LogP contribution in [0, 0.1) is 0 Å². The first-order valence-corrected chi connectivity index (χ1v) is 10.7. The molecule has 2 fully saturated rings. The summed E-state index contributed by atoms with van der Waals surface area (Å²) in [4.78, 5) is 23.8. The molecule has 1 saturated carbocycles. The first-order chi connectivity index (χ1) is 12.5. The molecule has 1 aliphatic heterocycles. The summed E-state index contributed by atoms with van der Waals surface area (Å²) in [6.07, 6.45) is 2.70. The summed E-state index contributed by atoms with van der Waals surface area (Å²) in [5.74, 6) is 0.301. The Morgan fingerprint density at radius 3 is 2.77 bits per heavy atom. The van der Waals surface area contributed by atoms with E-state index in [2.05, 4.69) is 25.6 Å². The van der Waals surface area contributed by atoms with Gasteiger partial charge in [-0.05, 0) is 0 Å². The Bertz CT molecular complexity index is 844. The molecule has 26 heavy (non-hydrogen) atoms. The van der Waals surface area contributed by atoms with Gasteiger partial charge < -0.3 is 0 Å². The van der Waals surface area contributed by atoms with E-state index in [0.717, 1.165) is 12.8 Å². The van der Waals surface area contributed by atoms with Crippen molar-refractivity contribution in [2.45, 2.75) is 47.3 Å². The molecule has 4 N–H and O–H groups in total. The SMILES string of the molecule is CNC(=O)[C@@H]1[Se][C@@H](n2cnc3c(NC4CCC4)nc(Cl)nc32)[C@H](O)[C@@H]1O. The number of fused-ring (bicyclic) bond motifs is 1. The normalized spacial score (nSPS) is 28.9. The van der Waals surface area contributed by atoms with Crippen LogP contribution in [0.15, 0.2) is 6.33 Å². The second kappa shape index (κ2) is 6.94. The standard InChI is InChI=1S/C15H19ClN6O3Se/c1-17-13(25)10-8(23)9(24)14(26-10)22-5-18-7-11(19-6-3-2-4-6)20-15(16)21-12(7)22/h5-6,8-10,14,23-24H,2-4H2,1H3,(H,17,25)(H,19,20,21)/t8-,9+,10+,14+/m0/s1. The fourth-order valence-electron chi connectivity index (χ4n) is 3.17. The van der Waals surface area contributed by atoms with Crippen LogP contribution in [0.25, 0.3) is 11.2 Å². The van der Waals surface area contributed by atoms with Gasteiger partial charge in [0.25, 0.3) is 0 Å². The Morgan fingerprint density at radius 2 is 2.12 bits per heavy atom. The van der Waals surface area contributed by atoms with E-state index in [9.17, 15) is 15.0 Å². The fraction of sp³-hybridized carbons (Fsp3) is 0.600. The van der Waals surface area contributed by atoms with Crippen molar-refractivity contribution in [1.29, 1.82) is 0 Å². The van der Waals surface area contributed by atoms with Gasteiger partial charge in [0.1, 0.15) is 0 Å². The average molecular weight is 446 g/mol. The van der Waals surface area contributed by atoms with Crippen molar-refractivity contribution in [3.63, 3.8) is 0 Å². The monoisotopic (exact) mass is 446 g/mol. The number of aliphatic hydroxyl groups excluding tert-OH is 2. The quantitative estimate of drug-likeness (QED) is 0.383. The fourth-order valence-corrected chi connectivity index (χ4v) is 6.42. The van der Waals surface area contributed by atoms with Gasteiger partial charge in [-0.3, -0.25) is 0 Å². The average Bonchev–Trinajstić information content (AvgIpc) is 3.12. The van der Waals surface area contributed by atoms with Crippen LogP contribution in [0.2, 0.25) is 10.1 Å². The molecule has 0 spiro atoms. The number of imidazole rings is 1. The van der Waals surface area contributed by atoms with Crippen molar-refractivity contribution in [2.24, 2.45) is 0 Å². The summed E-state index contributed by atoms with van der Waals surface area (Å²) < 4.78 is 1.70. The number of hydrogen-bond acceptors (Lipinski definition) is 7. The molecular formula is C15H19ClN6O3Se. The Kier molecular flexibility index (Phi) is 4.79. The number of amides is 1. The predicted molar refractivity (Wildman–Crippen MR) is 96.2 cm³/mol. The van der Waals surface area contributed by atoms with E-state index in [1.165, 1.54) is 13.5 Å². The van der Waals surface area contributed by atoms with Crippen LogP contribution in [0.3, 0.4) is 0 Å². The molecule has 0 radical (unpaired) electrons. The van der Waals surface area contributed by atoms with Gasteiger partial charge in [0.05, 0.1) is 0 Å². The van der Waals surface area contributed by atoms with Gasteiger partial charge in [0, 0.05) is 0 Å². The van der Waals surface area contributed by atoms with E-state index < -0.39 is 22.0 Å². The van der Waals surface area contributed by atoms with Gasteiger partial charge in [-0.25, -0.2) is 0 Å². The van der Waals surface area contributed by atoms with E-state index >= 15 is 0 Å². The predicted octanol–water partition coefficient (Wildman–Crippen LogP) is -0.0832. The molecule has 2 aromatic rings. The van der Waals surface area contributed by atoms with E-state index in [1.807, 2.05) is 0 Å². The summed E-state index contributed by atoms with van der Waals surface area (Å²) >= 11 is 5.71. The van der Waals surface area contributed by atoms with Crippen LogP contribution in [0.5, 0.6) is 0 Å². The second-order valence-electron chi connectivity index (χ2n) is 6.48. The summed E-state index contributed by atoms with van der Waals surface area (Å²) in [7, 11) is 1.52. The molecule has 2 aromatic heterocycles. The molecule has 0 unspecified atom stereocenters. The molecule has 3 heterocycles. The maximum atomic E-state index is 12.0. The Labute approximate surface area is 160 Å². The molecule has 0 bridgehead atoms. The number of nitrogens with zero attached hydrogens (tertiary/aromatic N) is 4. The number of anilines is 1. The summed E-state index contributed by atoms with van der Waals surface area (Å²) in [6, 6.07) is 0.357. The molecule has 1 saturated heterocycles. The zero-order valence-corrected chi connectivity index (χ0v) is 16.4. The molecule has 4 atom stereocenters. The molecule has 140 valence electrons. The molecule has 9 nitrogen and oxygen atoms in total. The molecule has 0 aromatic carbocycles. The first-order valence-electron chi connectivity index (χ1n) is 8.39. The van der Waals surface area contributed by atoms with Crippen molar-refractivity contribution < 1.29 is 15.0 Å². The second-order valence-corrected chi connectivity index (χ2v) is 9.47. The maximum absolute atomic E-state index is 12.0. The van der Waals surface area contributed by atoms with Crippen molar-refractivity contribution in [3.8, 4) is 0 Å². The number of hydrogen-bond donors (Lipinski definition) is 4. The number of carbonyl (C=O) groups excluding carboxylic acids is 1. The van der Waals surface area contributed by atoms with Gasteiger partial charge in [-0.1, -0.05) is 0 Å². The zero-order valence-electron chi connectivity index (χ0n) is 14.0. The molecule has 11 heteroatoms. The van der Waals surface area contributed by atoms with Gasteiger partial charge in [-0.2, -0.15) is 0 Å². The number of aliphatic hydroxyl groups is 2. The third-order valence-corrected chi connectivity index (χ3v) is 8.32. The summed E-state index contributed by atoms with van der Waals surface area (Å²) in [6.45, 7) is 0. The van der Waals surface area contributed by atoms with Gasteiger partial charge in [0.15, 0.2) is 0 Å². The van der Waals surface area contributed by atoms with Crippen molar-refractivity contribution in [2.75, 3.05) is 12.4 Å². The third-order valence-electron chi connectivity index (χ3n) is 4.86. The molecular weight excluding hydrogens is 427 g/mol. The number of halogens is 1. The molecule has 4 rings (SSSR count). The zero-order chi connectivity index (χ0) is 18.4. The van der Waals surface area contributed by atoms with Gasteiger partial charge >= 0.3 is 161 Å². The van der Waals surface area contributed by atoms with Crippen LogP contribution >= 0.6 is 11.6 Å². The van der Waals surface area contributed by atoms with Crippen molar-refractivity contribution in [1.82, 2.24) is 24.8 Å². The van der Waals surface area contributed by atoms with E-state index in [0.29, 0.717) is 23.0 Å². The van der Waals surface area contributed by atoms with Crippen molar-refractivity contribution >= 4 is 49.4 Å². The van der Waals surface area contributed by atoms with Crippen LogP contribution in [0.4, 0.5) is 5.82 Å². The third kappa shape index (κ3) is 2.95. The Hall–Kier alpha value is -1.45. The van der Waals surface area contributed by atoms with E-state index in [1.54, 1.807) is 10.9 Å². The number of nitrogens with one attached hydrogen (secondary N) is 2. The van der Waals surface area contributed by atoms with Crippen LogP contribution in [0.1, 0.15) is 24.2 Å². The first kappa shape index (κ1) is 17.9. The van der Waals surface area contributed by atoms with E-state index in [4.69, 9.17) is 11.6 Å².